The number of aromatic nitrogens is 2. The highest BCUT2D eigenvalue weighted by atomic mass is 32.2. The van der Waals surface area contributed by atoms with Gasteiger partial charge in [-0.3, -0.25) is 9.78 Å². The van der Waals surface area contributed by atoms with Crippen LogP contribution in [0.15, 0.2) is 41.7 Å². The van der Waals surface area contributed by atoms with E-state index in [9.17, 15) is 13.2 Å². The molecule has 9 heteroatoms. The number of nitrogens with one attached hydrogen (secondary N) is 1. The summed E-state index contributed by atoms with van der Waals surface area (Å²) >= 11 is 0. The molecule has 2 aromatic rings. The topological polar surface area (TPSA) is 101 Å². The molecule has 1 aliphatic heterocycles. The van der Waals surface area contributed by atoms with Crippen molar-refractivity contribution in [3.63, 3.8) is 0 Å². The van der Waals surface area contributed by atoms with Crippen LogP contribution >= 0.6 is 0 Å². The van der Waals surface area contributed by atoms with Gasteiger partial charge in [0.2, 0.25) is 10.0 Å². The lowest BCUT2D eigenvalue weighted by molar-refractivity contribution is 0.0728. The smallest absolute Gasteiger partial charge is 0.274 e. The Morgan fingerprint density at radius 3 is 2.88 bits per heavy atom. The zero-order valence-electron chi connectivity index (χ0n) is 14.4. The number of hydrogen-bond donors (Lipinski definition) is 1. The fraction of sp³-hybridized carbons (Fsp3) is 0.353. The molecule has 1 amide bonds. The maximum absolute atomic E-state index is 12.5. The van der Waals surface area contributed by atoms with E-state index in [2.05, 4.69) is 14.7 Å². The number of carbonyl (C=O) groups is 1. The van der Waals surface area contributed by atoms with E-state index in [1.807, 2.05) is 6.07 Å². The second-order valence-electron chi connectivity index (χ2n) is 5.89. The van der Waals surface area contributed by atoms with Crippen LogP contribution in [0.3, 0.4) is 0 Å². The van der Waals surface area contributed by atoms with E-state index >= 15 is 0 Å². The second kappa shape index (κ2) is 7.90. The van der Waals surface area contributed by atoms with Crippen molar-refractivity contribution in [2.45, 2.75) is 17.9 Å². The third kappa shape index (κ3) is 4.06. The van der Waals surface area contributed by atoms with E-state index in [-0.39, 0.29) is 23.0 Å². The van der Waals surface area contributed by atoms with E-state index < -0.39 is 10.0 Å². The summed E-state index contributed by atoms with van der Waals surface area (Å²) < 4.78 is 32.1. The van der Waals surface area contributed by atoms with Gasteiger partial charge < -0.3 is 9.64 Å². The van der Waals surface area contributed by atoms with Crippen LogP contribution in [0.2, 0.25) is 0 Å². The summed E-state index contributed by atoms with van der Waals surface area (Å²) in [5.74, 6) is -0.213. The number of fused-ring (bicyclic) bond motifs is 1. The average Bonchev–Trinajstić information content (AvgIpc) is 2.67. The molecule has 2 heterocycles. The summed E-state index contributed by atoms with van der Waals surface area (Å²) in [4.78, 5) is 22.3. The van der Waals surface area contributed by atoms with Gasteiger partial charge in [0.05, 0.1) is 17.7 Å². The summed E-state index contributed by atoms with van der Waals surface area (Å²) in [7, 11) is -2.10. The fourth-order valence-corrected chi connectivity index (χ4v) is 3.87. The molecule has 0 bridgehead atoms. The summed E-state index contributed by atoms with van der Waals surface area (Å²) in [5.41, 5.74) is 2.15. The number of hydrogen-bond acceptors (Lipinski definition) is 6. The SMILES string of the molecule is COCCNS(=O)(=O)c1ccc2c(c1)CN(C(=O)c1cnccn1)CC2. The van der Waals surface area contributed by atoms with Crippen molar-refractivity contribution in [2.75, 3.05) is 26.8 Å². The second-order valence-corrected chi connectivity index (χ2v) is 7.66. The van der Waals surface area contributed by atoms with Crippen LogP contribution in [0.4, 0.5) is 0 Å². The van der Waals surface area contributed by atoms with Gasteiger partial charge in [-0.2, -0.15) is 0 Å². The minimum Gasteiger partial charge on any atom is -0.383 e. The largest absolute Gasteiger partial charge is 0.383 e. The molecule has 1 aromatic heterocycles. The molecule has 0 spiro atoms. The van der Waals surface area contributed by atoms with Crippen LogP contribution in [0.5, 0.6) is 0 Å². The molecule has 138 valence electrons. The van der Waals surface area contributed by atoms with Crippen LogP contribution in [0, 0.1) is 0 Å². The maximum Gasteiger partial charge on any atom is 0.274 e. The maximum atomic E-state index is 12.5. The first kappa shape index (κ1) is 18.4. The molecular formula is C17H20N4O4S. The lowest BCUT2D eigenvalue weighted by atomic mass is 10.00. The van der Waals surface area contributed by atoms with Crippen molar-refractivity contribution in [2.24, 2.45) is 0 Å². The predicted octanol–water partition coefficient (Wildman–Crippen LogP) is 0.600. The van der Waals surface area contributed by atoms with Crippen molar-refractivity contribution >= 4 is 15.9 Å². The van der Waals surface area contributed by atoms with Crippen molar-refractivity contribution < 1.29 is 17.9 Å². The lowest BCUT2D eigenvalue weighted by Gasteiger charge is -2.29. The molecule has 0 aliphatic carbocycles. The standard InChI is InChI=1S/C17H20N4O4S/c1-25-9-7-20-26(23,24)15-3-2-13-4-8-21(12-14(13)10-15)17(22)16-11-18-5-6-19-16/h2-3,5-6,10-11,20H,4,7-9,12H2,1H3. The van der Waals surface area contributed by atoms with Gasteiger partial charge in [0.25, 0.3) is 5.91 Å². The van der Waals surface area contributed by atoms with E-state index in [0.29, 0.717) is 26.1 Å². The van der Waals surface area contributed by atoms with Crippen molar-refractivity contribution in [1.82, 2.24) is 19.6 Å². The zero-order valence-corrected chi connectivity index (χ0v) is 15.2. The fourth-order valence-electron chi connectivity index (χ4n) is 2.81. The van der Waals surface area contributed by atoms with Gasteiger partial charge in [0.1, 0.15) is 5.69 Å². The van der Waals surface area contributed by atoms with Gasteiger partial charge >= 0.3 is 0 Å². The van der Waals surface area contributed by atoms with E-state index in [1.54, 1.807) is 17.0 Å². The number of ether oxygens (including phenoxy) is 1. The molecule has 26 heavy (non-hydrogen) atoms. The number of methoxy groups -OCH3 is 1. The van der Waals surface area contributed by atoms with E-state index in [1.165, 1.54) is 25.7 Å². The zero-order chi connectivity index (χ0) is 18.6. The summed E-state index contributed by atoms with van der Waals surface area (Å²) in [5, 5.41) is 0. The number of benzene rings is 1. The van der Waals surface area contributed by atoms with Crippen LogP contribution in [0.1, 0.15) is 21.6 Å². The average molecular weight is 376 g/mol. The van der Waals surface area contributed by atoms with Gasteiger partial charge in [-0.05, 0) is 29.7 Å². The van der Waals surface area contributed by atoms with Crippen LogP contribution < -0.4 is 4.72 Å². The van der Waals surface area contributed by atoms with E-state index in [0.717, 1.165) is 11.1 Å². The highest BCUT2D eigenvalue weighted by Gasteiger charge is 2.24. The molecule has 0 unspecified atom stereocenters. The van der Waals surface area contributed by atoms with Gasteiger partial charge in [0, 0.05) is 39.1 Å². The van der Waals surface area contributed by atoms with Crippen LogP contribution in [-0.2, 0) is 27.7 Å². The molecule has 0 fully saturated rings. The van der Waals surface area contributed by atoms with Gasteiger partial charge in [-0.25, -0.2) is 18.1 Å². The summed E-state index contributed by atoms with van der Waals surface area (Å²) in [6, 6.07) is 5.03. The molecule has 1 aliphatic rings. The normalized spacial score (nSPS) is 14.1. The Morgan fingerprint density at radius 2 is 2.15 bits per heavy atom. The number of amides is 1. The highest BCUT2D eigenvalue weighted by Crippen LogP contribution is 2.23. The number of sulfonamides is 1. The quantitative estimate of drug-likeness (QED) is 0.741. The van der Waals surface area contributed by atoms with Crippen LogP contribution in [0.25, 0.3) is 0 Å². The summed E-state index contributed by atoms with van der Waals surface area (Å²) in [6.07, 6.45) is 5.08. The Bertz CT molecular complexity index is 887. The molecule has 0 radical (unpaired) electrons. The molecule has 3 rings (SSSR count). The molecule has 1 N–H and O–H groups in total. The molecule has 0 saturated heterocycles. The molecular weight excluding hydrogens is 356 g/mol. The monoisotopic (exact) mass is 376 g/mol. The molecule has 8 nitrogen and oxygen atoms in total. The Morgan fingerprint density at radius 1 is 1.31 bits per heavy atom. The first-order valence-corrected chi connectivity index (χ1v) is 9.65. The van der Waals surface area contributed by atoms with Gasteiger partial charge in [-0.1, -0.05) is 6.07 Å². The van der Waals surface area contributed by atoms with Gasteiger partial charge in [0.15, 0.2) is 0 Å². The Balaban J connectivity index is 1.79. The van der Waals surface area contributed by atoms with Crippen molar-refractivity contribution in [3.05, 3.63) is 53.6 Å². The Kier molecular flexibility index (Phi) is 5.60. The predicted molar refractivity (Wildman–Crippen MR) is 94.0 cm³/mol. The van der Waals surface area contributed by atoms with Crippen LogP contribution in [-0.4, -0.2) is 56.0 Å². The minimum absolute atomic E-state index is 0.182. The summed E-state index contributed by atoms with van der Waals surface area (Å²) in [6.45, 7) is 1.39. The Hall–Kier alpha value is -2.36. The number of carbonyl (C=O) groups excluding carboxylic acids is 1. The highest BCUT2D eigenvalue weighted by molar-refractivity contribution is 7.89. The first-order valence-electron chi connectivity index (χ1n) is 8.17. The minimum atomic E-state index is -3.61. The molecule has 0 atom stereocenters. The van der Waals surface area contributed by atoms with Crippen molar-refractivity contribution in [1.29, 1.82) is 0 Å². The molecule has 0 saturated carbocycles. The first-order chi connectivity index (χ1) is 12.5. The van der Waals surface area contributed by atoms with E-state index in [4.69, 9.17) is 4.74 Å². The molecule has 1 aromatic carbocycles. The Labute approximate surface area is 152 Å². The third-order valence-corrected chi connectivity index (χ3v) is 5.63. The number of nitrogens with zero attached hydrogens (tertiary/aromatic N) is 3. The lowest BCUT2D eigenvalue weighted by Crippen LogP contribution is -2.36. The number of rotatable bonds is 6. The third-order valence-electron chi connectivity index (χ3n) is 4.17. The van der Waals surface area contributed by atoms with Crippen molar-refractivity contribution in [3.8, 4) is 0 Å². The van der Waals surface area contributed by atoms with Gasteiger partial charge in [-0.15, -0.1) is 0 Å².